The Morgan fingerprint density at radius 3 is 2.60 bits per heavy atom. The van der Waals surface area contributed by atoms with Gasteiger partial charge in [-0.2, -0.15) is 0 Å². The minimum atomic E-state index is -0.105. The first-order chi connectivity index (χ1) is 16.9. The Morgan fingerprint density at radius 2 is 1.74 bits per heavy atom. The average Bonchev–Trinajstić information content (AvgIpc) is 3.19. The van der Waals surface area contributed by atoms with E-state index in [2.05, 4.69) is 48.0 Å². The molecule has 5 nitrogen and oxygen atoms in total. The van der Waals surface area contributed by atoms with Gasteiger partial charge in [-0.05, 0) is 102 Å². The van der Waals surface area contributed by atoms with E-state index in [0.29, 0.717) is 23.8 Å². The predicted molar refractivity (Wildman–Crippen MR) is 140 cm³/mol. The van der Waals surface area contributed by atoms with Crippen LogP contribution in [-0.2, 0) is 4.79 Å². The van der Waals surface area contributed by atoms with Crippen molar-refractivity contribution in [2.45, 2.75) is 71.3 Å². The van der Waals surface area contributed by atoms with Crippen LogP contribution in [-0.4, -0.2) is 24.5 Å². The van der Waals surface area contributed by atoms with Gasteiger partial charge in [0, 0.05) is 24.7 Å². The van der Waals surface area contributed by atoms with Crippen LogP contribution in [0.1, 0.15) is 65.2 Å². The van der Waals surface area contributed by atoms with Crippen LogP contribution in [0, 0.1) is 34.5 Å². The van der Waals surface area contributed by atoms with Crippen molar-refractivity contribution in [1.29, 1.82) is 0 Å². The molecule has 1 saturated heterocycles. The van der Waals surface area contributed by atoms with Crippen LogP contribution in [0.5, 0.6) is 0 Å². The molecule has 2 aromatic rings. The van der Waals surface area contributed by atoms with Gasteiger partial charge < -0.3 is 16.0 Å². The molecule has 5 heteroatoms. The molecular weight excluding hydrogens is 434 g/mol. The maximum absolute atomic E-state index is 12.8. The zero-order chi connectivity index (χ0) is 24.2. The van der Waals surface area contributed by atoms with Gasteiger partial charge in [0.05, 0.1) is 0 Å². The summed E-state index contributed by atoms with van der Waals surface area (Å²) >= 11 is 0. The molecule has 2 aromatic carbocycles. The maximum atomic E-state index is 12.8. The second kappa shape index (κ2) is 8.53. The molecule has 0 spiro atoms. The third-order valence-corrected chi connectivity index (χ3v) is 10.8. The average molecular weight is 474 g/mol. The quantitative estimate of drug-likeness (QED) is 0.504. The highest BCUT2D eigenvalue weighted by atomic mass is 16.2. The van der Waals surface area contributed by atoms with E-state index in [1.807, 2.05) is 24.3 Å². The lowest BCUT2D eigenvalue weighted by atomic mass is 9.47. The summed E-state index contributed by atoms with van der Waals surface area (Å²) in [4.78, 5) is 24.8. The lowest BCUT2D eigenvalue weighted by Gasteiger charge is -2.60. The van der Waals surface area contributed by atoms with Gasteiger partial charge in [-0.3, -0.25) is 4.79 Å². The SMILES string of the molecule is C[C@]12CCC(=O)NC1CC[C@@H]1[C@H]2CC[C@]2(C)C(CNC(=O)Nc3ccc4ccccc4c3)CC[C@@H]12. The van der Waals surface area contributed by atoms with Crippen molar-refractivity contribution >= 4 is 28.4 Å². The lowest BCUT2D eigenvalue weighted by Crippen LogP contribution is -2.61. The number of urea groups is 1. The summed E-state index contributed by atoms with van der Waals surface area (Å²) in [5, 5.41) is 11.9. The van der Waals surface area contributed by atoms with Crippen molar-refractivity contribution in [3.8, 4) is 0 Å². The molecule has 1 aliphatic heterocycles. The number of carbonyl (C=O) groups excluding carboxylic acids is 2. The number of hydrogen-bond acceptors (Lipinski definition) is 2. The third kappa shape index (κ3) is 3.82. The fraction of sp³-hybridized carbons (Fsp3) is 0.600. The molecule has 1 heterocycles. The Bertz CT molecular complexity index is 1150. The van der Waals surface area contributed by atoms with Gasteiger partial charge in [0.15, 0.2) is 0 Å². The highest BCUT2D eigenvalue weighted by Crippen LogP contribution is 2.65. The Balaban J connectivity index is 1.10. The molecule has 3 amide bonds. The van der Waals surface area contributed by atoms with Gasteiger partial charge in [0.25, 0.3) is 0 Å². The first-order valence-corrected chi connectivity index (χ1v) is 13.7. The predicted octanol–water partition coefficient (Wildman–Crippen LogP) is 6.10. The van der Waals surface area contributed by atoms with Crippen LogP contribution in [0.4, 0.5) is 10.5 Å². The van der Waals surface area contributed by atoms with Crippen molar-refractivity contribution in [1.82, 2.24) is 10.6 Å². The number of carbonyl (C=O) groups is 2. The number of nitrogens with one attached hydrogen (secondary N) is 3. The van der Waals surface area contributed by atoms with E-state index in [4.69, 9.17) is 0 Å². The van der Waals surface area contributed by atoms with E-state index in [0.717, 1.165) is 48.2 Å². The summed E-state index contributed by atoms with van der Waals surface area (Å²) in [5.74, 6) is 3.02. The first kappa shape index (κ1) is 22.9. The van der Waals surface area contributed by atoms with Crippen LogP contribution in [0.3, 0.4) is 0 Å². The molecule has 3 saturated carbocycles. The van der Waals surface area contributed by atoms with E-state index in [1.165, 1.54) is 37.5 Å². The van der Waals surface area contributed by atoms with Crippen molar-refractivity contribution in [2.24, 2.45) is 34.5 Å². The summed E-state index contributed by atoms with van der Waals surface area (Å²) in [7, 11) is 0. The molecule has 6 rings (SSSR count). The van der Waals surface area contributed by atoms with Gasteiger partial charge >= 0.3 is 6.03 Å². The van der Waals surface area contributed by atoms with E-state index in [-0.39, 0.29) is 17.4 Å². The first-order valence-electron chi connectivity index (χ1n) is 13.7. The van der Waals surface area contributed by atoms with Crippen molar-refractivity contribution in [2.75, 3.05) is 11.9 Å². The van der Waals surface area contributed by atoms with E-state index in [1.54, 1.807) is 0 Å². The molecule has 4 fully saturated rings. The fourth-order valence-corrected chi connectivity index (χ4v) is 8.80. The summed E-state index contributed by atoms with van der Waals surface area (Å²) in [6, 6.07) is 14.5. The number of anilines is 1. The molecule has 0 radical (unpaired) electrons. The largest absolute Gasteiger partial charge is 0.353 e. The molecule has 35 heavy (non-hydrogen) atoms. The number of benzene rings is 2. The molecule has 0 bridgehead atoms. The number of rotatable bonds is 3. The standard InChI is InChI=1S/C30H39N3O2/c1-29-15-13-25-23(10-12-26-30(25,2)16-14-27(34)33-26)24(29)11-8-21(29)18-31-28(35)32-22-9-7-19-5-3-4-6-20(19)17-22/h3-7,9,17,21,23-26H,8,10-16,18H2,1-2H3,(H,33,34)(H2,31,32,35)/t21?,23-,24-,25+,26?,29+,30+/m0/s1. The molecule has 0 aromatic heterocycles. The van der Waals surface area contributed by atoms with Crippen molar-refractivity contribution < 1.29 is 9.59 Å². The topological polar surface area (TPSA) is 70.2 Å². The normalized spacial score (nSPS) is 38.1. The maximum Gasteiger partial charge on any atom is 0.319 e. The highest BCUT2D eigenvalue weighted by Gasteiger charge is 2.60. The van der Waals surface area contributed by atoms with Gasteiger partial charge in [-0.1, -0.05) is 44.2 Å². The molecule has 3 aliphatic carbocycles. The molecule has 7 atom stereocenters. The molecule has 2 unspecified atom stereocenters. The monoisotopic (exact) mass is 473 g/mol. The Labute approximate surface area is 208 Å². The highest BCUT2D eigenvalue weighted by molar-refractivity contribution is 5.93. The number of fused-ring (bicyclic) bond motifs is 6. The zero-order valence-corrected chi connectivity index (χ0v) is 21.1. The van der Waals surface area contributed by atoms with E-state index < -0.39 is 0 Å². The van der Waals surface area contributed by atoms with Crippen LogP contribution in [0.25, 0.3) is 10.8 Å². The minimum Gasteiger partial charge on any atom is -0.353 e. The molecule has 186 valence electrons. The summed E-state index contributed by atoms with van der Waals surface area (Å²) in [6.45, 7) is 5.72. The molecule has 4 aliphatic rings. The second-order valence-electron chi connectivity index (χ2n) is 12.3. The van der Waals surface area contributed by atoms with Gasteiger partial charge in [-0.15, -0.1) is 0 Å². The Morgan fingerprint density at radius 1 is 0.943 bits per heavy atom. The molecular formula is C30H39N3O2. The van der Waals surface area contributed by atoms with Crippen LogP contribution in [0.15, 0.2) is 42.5 Å². The summed E-state index contributed by atoms with van der Waals surface area (Å²) < 4.78 is 0. The van der Waals surface area contributed by atoms with Gasteiger partial charge in [0.2, 0.25) is 5.91 Å². The second-order valence-corrected chi connectivity index (χ2v) is 12.3. The van der Waals surface area contributed by atoms with Crippen LogP contribution >= 0.6 is 0 Å². The van der Waals surface area contributed by atoms with E-state index >= 15 is 0 Å². The lowest BCUT2D eigenvalue weighted by molar-refractivity contribution is -0.136. The molecule has 3 N–H and O–H groups in total. The van der Waals surface area contributed by atoms with Gasteiger partial charge in [0.1, 0.15) is 0 Å². The van der Waals surface area contributed by atoms with Gasteiger partial charge in [-0.25, -0.2) is 4.79 Å². The van der Waals surface area contributed by atoms with Crippen LogP contribution in [0.2, 0.25) is 0 Å². The Hall–Kier alpha value is -2.56. The smallest absolute Gasteiger partial charge is 0.319 e. The number of hydrogen-bond donors (Lipinski definition) is 3. The number of piperidine rings is 1. The Kier molecular flexibility index (Phi) is 5.58. The summed E-state index contributed by atoms with van der Waals surface area (Å²) in [6.07, 6.45) is 9.11. The summed E-state index contributed by atoms with van der Waals surface area (Å²) in [5.41, 5.74) is 1.40. The van der Waals surface area contributed by atoms with E-state index in [9.17, 15) is 9.59 Å². The zero-order valence-electron chi connectivity index (χ0n) is 21.1. The third-order valence-electron chi connectivity index (χ3n) is 10.8. The number of amides is 3. The minimum absolute atomic E-state index is 0.105. The van der Waals surface area contributed by atoms with Crippen molar-refractivity contribution in [3.05, 3.63) is 42.5 Å². The van der Waals surface area contributed by atoms with Crippen LogP contribution < -0.4 is 16.0 Å². The fourth-order valence-electron chi connectivity index (χ4n) is 8.80. The van der Waals surface area contributed by atoms with Crippen molar-refractivity contribution in [3.63, 3.8) is 0 Å².